The average Bonchev–Trinajstić information content (AvgIpc) is 2.83. The zero-order valence-electron chi connectivity index (χ0n) is 16.6. The Morgan fingerprint density at radius 2 is 1.55 bits per heavy atom. The van der Waals surface area contributed by atoms with Crippen LogP contribution in [0.4, 0.5) is 5.82 Å². The number of hydrogen-bond acceptors (Lipinski definition) is 5. The van der Waals surface area contributed by atoms with Crippen LogP contribution in [0, 0.1) is 0 Å². The molecule has 4 rings (SSSR count). The van der Waals surface area contributed by atoms with E-state index in [1.807, 2.05) is 72.8 Å². The van der Waals surface area contributed by atoms with Crippen molar-refractivity contribution in [3.63, 3.8) is 0 Å². The predicted octanol–water partition coefficient (Wildman–Crippen LogP) is 5.66. The number of anilines is 1. The summed E-state index contributed by atoms with van der Waals surface area (Å²) in [4.78, 5) is 28.2. The van der Waals surface area contributed by atoms with Gasteiger partial charge in [0.15, 0.2) is 10.9 Å². The molecule has 0 aliphatic carbocycles. The maximum atomic E-state index is 13.5. The Kier molecular flexibility index (Phi) is 6.92. The Balaban J connectivity index is 1.61. The molecule has 2 aromatic heterocycles. The molecule has 0 atom stereocenters. The quantitative estimate of drug-likeness (QED) is 0.270. The maximum Gasteiger partial charge on any atom is 0.280 e. The van der Waals surface area contributed by atoms with E-state index >= 15 is 0 Å². The van der Waals surface area contributed by atoms with Gasteiger partial charge in [-0.15, -0.1) is 0 Å². The summed E-state index contributed by atoms with van der Waals surface area (Å²) in [5.41, 5.74) is 2.29. The summed E-state index contributed by atoms with van der Waals surface area (Å²) in [7, 11) is 0. The van der Waals surface area contributed by atoms with Crippen molar-refractivity contribution in [3.8, 4) is 0 Å². The highest BCUT2D eigenvalue weighted by molar-refractivity contribution is 7.98. The first-order valence-corrected chi connectivity index (χ1v) is 11.0. The molecule has 0 aliphatic heterocycles. The molecule has 5 nitrogen and oxygen atoms in total. The minimum Gasteiger partial charge on any atom is -0.287 e. The van der Waals surface area contributed by atoms with E-state index in [1.54, 1.807) is 17.2 Å². The lowest BCUT2D eigenvalue weighted by molar-refractivity contribution is 0.0978. The minimum absolute atomic E-state index is 0.161. The molecule has 0 N–H and O–H groups in total. The zero-order chi connectivity index (χ0) is 21.5. The number of carbonyl (C=O) groups excluding carboxylic acids is 1. The van der Waals surface area contributed by atoms with Gasteiger partial charge in [-0.1, -0.05) is 90.1 Å². The van der Waals surface area contributed by atoms with Gasteiger partial charge in [-0.2, -0.15) is 0 Å². The highest BCUT2D eigenvalue weighted by Crippen LogP contribution is 2.25. The Labute approximate surface area is 190 Å². The van der Waals surface area contributed by atoms with Gasteiger partial charge in [-0.3, -0.25) is 9.69 Å². The van der Waals surface area contributed by atoms with Crippen LogP contribution in [-0.4, -0.2) is 20.9 Å². The molecule has 0 saturated heterocycles. The maximum absolute atomic E-state index is 13.5. The Morgan fingerprint density at radius 3 is 2.23 bits per heavy atom. The number of thioether (sulfide) groups is 1. The van der Waals surface area contributed by atoms with E-state index in [0.717, 1.165) is 11.1 Å². The standard InChI is InChI=1S/C24H19ClN4OS/c25-20-15-27-24(31-17-19-11-5-2-6-12-19)28-22(20)23(30)29(21-13-7-8-14-26-21)16-18-9-3-1-4-10-18/h1-15H,16-17H2. The first kappa shape index (κ1) is 21.0. The van der Waals surface area contributed by atoms with Gasteiger partial charge in [0.25, 0.3) is 5.91 Å². The number of carbonyl (C=O) groups is 1. The molecule has 0 spiro atoms. The molecule has 0 fully saturated rings. The fraction of sp³-hybridized carbons (Fsp3) is 0.0833. The Bertz CT molecular complexity index is 1140. The van der Waals surface area contributed by atoms with Crippen molar-refractivity contribution in [2.45, 2.75) is 17.5 Å². The van der Waals surface area contributed by atoms with E-state index < -0.39 is 0 Å². The van der Waals surface area contributed by atoms with Crippen LogP contribution >= 0.6 is 23.4 Å². The number of benzene rings is 2. The van der Waals surface area contributed by atoms with Gasteiger partial charge in [-0.25, -0.2) is 15.0 Å². The zero-order valence-corrected chi connectivity index (χ0v) is 18.1. The van der Waals surface area contributed by atoms with Gasteiger partial charge in [-0.05, 0) is 23.3 Å². The summed E-state index contributed by atoms with van der Waals surface area (Å²) in [6.45, 7) is 0.351. The van der Waals surface area contributed by atoms with Crippen LogP contribution in [0.15, 0.2) is 96.4 Å². The van der Waals surface area contributed by atoms with Crippen LogP contribution in [0.1, 0.15) is 21.6 Å². The third-order valence-electron chi connectivity index (χ3n) is 4.49. The summed E-state index contributed by atoms with van der Waals surface area (Å²) in [5, 5.41) is 0.709. The van der Waals surface area contributed by atoms with Crippen LogP contribution in [0.5, 0.6) is 0 Å². The molecule has 0 unspecified atom stereocenters. The molecule has 4 aromatic rings. The highest BCUT2D eigenvalue weighted by atomic mass is 35.5. The second kappa shape index (κ2) is 10.2. The second-order valence-corrected chi connectivity index (χ2v) is 8.04. The second-order valence-electron chi connectivity index (χ2n) is 6.69. The van der Waals surface area contributed by atoms with E-state index in [1.165, 1.54) is 18.0 Å². The average molecular weight is 447 g/mol. The molecule has 7 heteroatoms. The summed E-state index contributed by atoms with van der Waals surface area (Å²) in [6.07, 6.45) is 3.14. The number of aromatic nitrogens is 3. The first-order chi connectivity index (χ1) is 15.2. The van der Waals surface area contributed by atoms with E-state index in [0.29, 0.717) is 23.3 Å². The van der Waals surface area contributed by atoms with E-state index in [-0.39, 0.29) is 16.6 Å². The molecule has 2 aromatic carbocycles. The number of hydrogen-bond donors (Lipinski definition) is 0. The van der Waals surface area contributed by atoms with E-state index in [9.17, 15) is 4.79 Å². The topological polar surface area (TPSA) is 59.0 Å². The van der Waals surface area contributed by atoms with Crippen molar-refractivity contribution in [3.05, 3.63) is 113 Å². The van der Waals surface area contributed by atoms with Gasteiger partial charge in [0.2, 0.25) is 0 Å². The van der Waals surface area contributed by atoms with Crippen LogP contribution in [0.25, 0.3) is 0 Å². The van der Waals surface area contributed by atoms with Gasteiger partial charge in [0.1, 0.15) is 5.82 Å². The highest BCUT2D eigenvalue weighted by Gasteiger charge is 2.24. The van der Waals surface area contributed by atoms with Crippen LogP contribution in [0.3, 0.4) is 0 Å². The largest absolute Gasteiger partial charge is 0.287 e. The van der Waals surface area contributed by atoms with Gasteiger partial charge in [0, 0.05) is 11.9 Å². The Hall–Kier alpha value is -3.22. The monoisotopic (exact) mass is 446 g/mol. The molecular formula is C24H19ClN4OS. The van der Waals surface area contributed by atoms with Gasteiger partial charge in [0.05, 0.1) is 17.8 Å². The number of pyridine rings is 1. The molecule has 31 heavy (non-hydrogen) atoms. The van der Waals surface area contributed by atoms with Crippen molar-refractivity contribution >= 4 is 35.1 Å². The lowest BCUT2D eigenvalue weighted by Gasteiger charge is -2.22. The van der Waals surface area contributed by atoms with Crippen LogP contribution < -0.4 is 4.90 Å². The molecule has 0 bridgehead atoms. The smallest absolute Gasteiger partial charge is 0.280 e. The number of halogens is 1. The van der Waals surface area contributed by atoms with E-state index in [2.05, 4.69) is 15.0 Å². The van der Waals surface area contributed by atoms with Crippen molar-refractivity contribution in [1.29, 1.82) is 0 Å². The molecule has 0 saturated carbocycles. The van der Waals surface area contributed by atoms with E-state index in [4.69, 9.17) is 11.6 Å². The summed E-state index contributed by atoms with van der Waals surface area (Å²) < 4.78 is 0. The van der Waals surface area contributed by atoms with Gasteiger partial charge < -0.3 is 0 Å². The molecular weight excluding hydrogens is 428 g/mol. The summed E-state index contributed by atoms with van der Waals surface area (Å²) in [5.74, 6) is 0.908. The number of rotatable bonds is 7. The lowest BCUT2D eigenvalue weighted by atomic mass is 10.2. The van der Waals surface area contributed by atoms with Crippen molar-refractivity contribution in [2.75, 3.05) is 4.90 Å². The third kappa shape index (κ3) is 5.48. The van der Waals surface area contributed by atoms with Crippen molar-refractivity contribution < 1.29 is 4.79 Å². The summed E-state index contributed by atoms with van der Waals surface area (Å²) in [6, 6.07) is 25.2. The third-order valence-corrected chi connectivity index (χ3v) is 5.70. The normalized spacial score (nSPS) is 10.6. The van der Waals surface area contributed by atoms with Crippen molar-refractivity contribution in [2.24, 2.45) is 0 Å². The SMILES string of the molecule is O=C(c1nc(SCc2ccccc2)ncc1Cl)N(Cc1ccccc1)c1ccccn1. The first-order valence-electron chi connectivity index (χ1n) is 9.67. The Morgan fingerprint density at radius 1 is 0.871 bits per heavy atom. The lowest BCUT2D eigenvalue weighted by Crippen LogP contribution is -2.32. The summed E-state index contributed by atoms with van der Waals surface area (Å²) >= 11 is 7.80. The minimum atomic E-state index is -0.323. The fourth-order valence-corrected chi connectivity index (χ4v) is 3.90. The molecule has 1 amide bonds. The molecule has 154 valence electrons. The molecule has 0 aliphatic rings. The predicted molar refractivity (Wildman–Crippen MR) is 124 cm³/mol. The number of amides is 1. The molecule has 0 radical (unpaired) electrons. The van der Waals surface area contributed by atoms with Crippen LogP contribution in [0.2, 0.25) is 5.02 Å². The van der Waals surface area contributed by atoms with Crippen molar-refractivity contribution in [1.82, 2.24) is 15.0 Å². The fourth-order valence-electron chi connectivity index (χ4n) is 2.96. The molecule has 2 heterocycles. The number of nitrogens with zero attached hydrogens (tertiary/aromatic N) is 4. The van der Waals surface area contributed by atoms with Gasteiger partial charge >= 0.3 is 0 Å². The van der Waals surface area contributed by atoms with Crippen LogP contribution in [-0.2, 0) is 12.3 Å².